The minimum absolute atomic E-state index is 0.192. The minimum atomic E-state index is -3.50. The normalized spacial score (nSPS) is 20.4. The number of piperidine rings is 1. The van der Waals surface area contributed by atoms with Crippen LogP contribution in [-0.4, -0.2) is 39.4 Å². The number of benzene rings is 1. The van der Waals surface area contributed by atoms with Crippen molar-refractivity contribution in [3.8, 4) is 0 Å². The van der Waals surface area contributed by atoms with Gasteiger partial charge in [0.2, 0.25) is 10.0 Å². The molecule has 1 heterocycles. The molecular formula is C14H23N3O2S. The third-order valence-corrected chi connectivity index (χ3v) is 5.79. The van der Waals surface area contributed by atoms with E-state index in [1.165, 1.54) is 24.8 Å². The zero-order chi connectivity index (χ0) is 14.9. The first-order chi connectivity index (χ1) is 9.35. The van der Waals surface area contributed by atoms with Crippen LogP contribution in [0, 0.1) is 0 Å². The van der Waals surface area contributed by atoms with E-state index in [4.69, 9.17) is 5.73 Å². The monoisotopic (exact) mass is 297 g/mol. The van der Waals surface area contributed by atoms with E-state index in [0.29, 0.717) is 11.7 Å². The van der Waals surface area contributed by atoms with Gasteiger partial charge in [-0.3, -0.25) is 0 Å². The molecule has 6 heteroatoms. The Morgan fingerprint density at radius 3 is 2.60 bits per heavy atom. The third-order valence-electron chi connectivity index (χ3n) is 3.91. The van der Waals surface area contributed by atoms with Crippen molar-refractivity contribution < 1.29 is 8.42 Å². The summed E-state index contributed by atoms with van der Waals surface area (Å²) in [6, 6.07) is 5.64. The molecule has 0 aromatic heterocycles. The maximum absolute atomic E-state index is 12.3. The van der Waals surface area contributed by atoms with Gasteiger partial charge in [0.15, 0.2) is 0 Å². The Morgan fingerprint density at radius 2 is 2.00 bits per heavy atom. The van der Waals surface area contributed by atoms with Crippen LogP contribution in [0.5, 0.6) is 0 Å². The van der Waals surface area contributed by atoms with Gasteiger partial charge in [-0.05, 0) is 38.3 Å². The largest absolute Gasteiger partial charge is 0.396 e. The van der Waals surface area contributed by atoms with Gasteiger partial charge in [-0.2, -0.15) is 0 Å². The Labute approximate surface area is 121 Å². The lowest BCUT2D eigenvalue weighted by Gasteiger charge is -2.36. The van der Waals surface area contributed by atoms with E-state index in [1.54, 1.807) is 12.1 Å². The van der Waals surface area contributed by atoms with Crippen molar-refractivity contribution in [1.82, 2.24) is 4.31 Å². The fourth-order valence-electron chi connectivity index (χ4n) is 2.66. The Bertz CT molecular complexity index is 584. The maximum atomic E-state index is 12.3. The van der Waals surface area contributed by atoms with Crippen LogP contribution in [0.4, 0.5) is 11.4 Å². The number of nitrogens with two attached hydrogens (primary N) is 1. The predicted octanol–water partition coefficient (Wildman–Crippen LogP) is 1.90. The number of anilines is 2. The van der Waals surface area contributed by atoms with Crippen LogP contribution in [0.1, 0.15) is 26.2 Å². The van der Waals surface area contributed by atoms with Gasteiger partial charge in [0.05, 0.1) is 11.4 Å². The third kappa shape index (κ3) is 2.62. The first-order valence-corrected chi connectivity index (χ1v) is 8.37. The van der Waals surface area contributed by atoms with Crippen LogP contribution in [0.3, 0.4) is 0 Å². The van der Waals surface area contributed by atoms with Gasteiger partial charge in [-0.25, -0.2) is 12.7 Å². The molecule has 2 N–H and O–H groups in total. The van der Waals surface area contributed by atoms with E-state index >= 15 is 0 Å². The number of rotatable bonds is 3. The minimum Gasteiger partial charge on any atom is -0.396 e. The fraction of sp³-hybridized carbons (Fsp3) is 0.571. The van der Waals surface area contributed by atoms with Crippen molar-refractivity contribution in [3.05, 3.63) is 18.2 Å². The number of nitrogen functional groups attached to an aromatic ring is 1. The highest BCUT2D eigenvalue weighted by Crippen LogP contribution is 2.34. The van der Waals surface area contributed by atoms with E-state index in [-0.39, 0.29) is 4.90 Å². The van der Waals surface area contributed by atoms with Crippen molar-refractivity contribution in [1.29, 1.82) is 0 Å². The van der Waals surface area contributed by atoms with E-state index in [0.717, 1.165) is 25.1 Å². The molecule has 1 aromatic rings. The van der Waals surface area contributed by atoms with Crippen molar-refractivity contribution >= 4 is 21.4 Å². The molecular weight excluding hydrogens is 274 g/mol. The van der Waals surface area contributed by atoms with Gasteiger partial charge >= 0.3 is 0 Å². The number of hydrogen-bond acceptors (Lipinski definition) is 4. The van der Waals surface area contributed by atoms with E-state index in [9.17, 15) is 8.42 Å². The average molecular weight is 297 g/mol. The van der Waals surface area contributed by atoms with Gasteiger partial charge in [0.25, 0.3) is 0 Å². The summed E-state index contributed by atoms with van der Waals surface area (Å²) in [5, 5.41) is 0. The Hall–Kier alpha value is -1.27. The Kier molecular flexibility index (Phi) is 4.25. The lowest BCUT2D eigenvalue weighted by atomic mass is 10.0. The zero-order valence-corrected chi connectivity index (χ0v) is 13.2. The zero-order valence-electron chi connectivity index (χ0n) is 12.3. The highest BCUT2D eigenvalue weighted by molar-refractivity contribution is 7.89. The summed E-state index contributed by atoms with van der Waals surface area (Å²) < 4.78 is 25.8. The van der Waals surface area contributed by atoms with E-state index in [2.05, 4.69) is 11.8 Å². The summed E-state index contributed by atoms with van der Waals surface area (Å²) in [6.45, 7) is 3.09. The summed E-state index contributed by atoms with van der Waals surface area (Å²) in [6.07, 6.45) is 3.45. The second kappa shape index (κ2) is 5.61. The molecule has 0 aliphatic carbocycles. The Balaban J connectivity index is 2.47. The first-order valence-electron chi connectivity index (χ1n) is 6.93. The number of nitrogens with zero attached hydrogens (tertiary/aromatic N) is 2. The van der Waals surface area contributed by atoms with Gasteiger partial charge in [-0.1, -0.05) is 6.07 Å². The lowest BCUT2D eigenvalue weighted by Crippen LogP contribution is -2.38. The van der Waals surface area contributed by atoms with Crippen LogP contribution < -0.4 is 10.6 Å². The molecule has 1 saturated heterocycles. The summed E-state index contributed by atoms with van der Waals surface area (Å²) in [5.41, 5.74) is 7.34. The van der Waals surface area contributed by atoms with Crippen molar-refractivity contribution in [2.24, 2.45) is 0 Å². The molecule has 0 spiro atoms. The summed E-state index contributed by atoms with van der Waals surface area (Å²) in [4.78, 5) is 2.41. The molecule has 1 unspecified atom stereocenters. The first kappa shape index (κ1) is 15.1. The molecule has 1 aliphatic rings. The molecule has 0 bridgehead atoms. The molecule has 1 aliphatic heterocycles. The van der Waals surface area contributed by atoms with Crippen LogP contribution in [0.2, 0.25) is 0 Å². The number of sulfonamides is 1. The second-order valence-electron chi connectivity index (χ2n) is 5.51. The predicted molar refractivity (Wildman–Crippen MR) is 82.4 cm³/mol. The molecule has 2 rings (SSSR count). The maximum Gasteiger partial charge on any atom is 0.244 e. The van der Waals surface area contributed by atoms with Crippen LogP contribution in [0.15, 0.2) is 23.1 Å². The molecule has 0 saturated carbocycles. The molecule has 0 amide bonds. The molecule has 5 nitrogen and oxygen atoms in total. The van der Waals surface area contributed by atoms with Crippen molar-refractivity contribution in [2.45, 2.75) is 37.1 Å². The second-order valence-corrected chi connectivity index (χ2v) is 7.63. The number of para-hydroxylation sites is 1. The highest BCUT2D eigenvalue weighted by Gasteiger charge is 2.26. The molecule has 20 heavy (non-hydrogen) atoms. The molecule has 0 radical (unpaired) electrons. The molecule has 1 aromatic carbocycles. The van der Waals surface area contributed by atoms with E-state index in [1.807, 2.05) is 6.07 Å². The highest BCUT2D eigenvalue weighted by atomic mass is 32.2. The summed E-state index contributed by atoms with van der Waals surface area (Å²) in [5.74, 6) is 0. The van der Waals surface area contributed by atoms with E-state index < -0.39 is 10.0 Å². The SMILES string of the molecule is CC1CCCCN1c1cccc(S(=O)(=O)N(C)C)c1N. The molecule has 1 fully saturated rings. The molecule has 112 valence electrons. The average Bonchev–Trinajstić information content (AvgIpc) is 2.39. The quantitative estimate of drug-likeness (QED) is 0.865. The van der Waals surface area contributed by atoms with Gasteiger partial charge in [0, 0.05) is 26.7 Å². The standard InChI is InChI=1S/C14H23N3O2S/c1-11-7-4-5-10-17(11)12-8-6-9-13(14(12)15)20(18,19)16(2)3/h6,8-9,11H,4-5,7,10,15H2,1-3H3. The fourth-order valence-corrected chi connectivity index (χ4v) is 3.69. The van der Waals surface area contributed by atoms with Crippen molar-refractivity contribution in [2.75, 3.05) is 31.3 Å². The summed E-state index contributed by atoms with van der Waals surface area (Å²) >= 11 is 0. The van der Waals surface area contributed by atoms with Crippen molar-refractivity contribution in [3.63, 3.8) is 0 Å². The smallest absolute Gasteiger partial charge is 0.244 e. The lowest BCUT2D eigenvalue weighted by molar-refractivity contribution is 0.485. The van der Waals surface area contributed by atoms with Crippen LogP contribution in [0.25, 0.3) is 0 Å². The number of hydrogen-bond donors (Lipinski definition) is 1. The van der Waals surface area contributed by atoms with Gasteiger partial charge in [0.1, 0.15) is 4.90 Å². The van der Waals surface area contributed by atoms with Crippen LogP contribution in [-0.2, 0) is 10.0 Å². The van der Waals surface area contributed by atoms with Crippen LogP contribution >= 0.6 is 0 Å². The Morgan fingerprint density at radius 1 is 1.30 bits per heavy atom. The summed E-state index contributed by atoms with van der Waals surface area (Å²) in [7, 11) is -0.467. The molecule has 1 atom stereocenters. The van der Waals surface area contributed by atoms with Gasteiger partial charge in [-0.15, -0.1) is 0 Å². The van der Waals surface area contributed by atoms with Gasteiger partial charge < -0.3 is 10.6 Å². The topological polar surface area (TPSA) is 66.6 Å².